The summed E-state index contributed by atoms with van der Waals surface area (Å²) in [4.78, 5) is 0. The van der Waals surface area contributed by atoms with Crippen LogP contribution in [-0.2, 0) is 0 Å². The summed E-state index contributed by atoms with van der Waals surface area (Å²) in [5.41, 5.74) is 0. The highest BCUT2D eigenvalue weighted by Gasteiger charge is 2.01. The zero-order valence-electron chi connectivity index (χ0n) is 7.41. The third-order valence-electron chi connectivity index (χ3n) is 1.50. The third-order valence-corrected chi connectivity index (χ3v) is 2.37. The second-order valence-electron chi connectivity index (χ2n) is 2.54. The maximum atomic E-state index is 12.8. The normalized spacial score (nSPS) is 10.8. The quantitative estimate of drug-likeness (QED) is 0.655. The van der Waals surface area contributed by atoms with Crippen LogP contribution >= 0.6 is 28.6 Å². The number of hydrogen-bond acceptors (Lipinski definition) is 2. The van der Waals surface area contributed by atoms with Crippen LogP contribution in [0, 0.1) is 5.82 Å². The van der Waals surface area contributed by atoms with Gasteiger partial charge in [-0.2, -0.15) is 12.6 Å². The van der Waals surface area contributed by atoms with Crippen LogP contribution in [0.15, 0.2) is 34.8 Å². The Morgan fingerprint density at radius 3 is 2.93 bits per heavy atom. The smallest absolute Gasteiger partial charge is 0.136 e. The van der Waals surface area contributed by atoms with Crippen LogP contribution in [0.3, 0.4) is 0 Å². The van der Waals surface area contributed by atoms with Gasteiger partial charge in [-0.1, -0.05) is 12.2 Å². The summed E-state index contributed by atoms with van der Waals surface area (Å²) in [6.07, 6.45) is 3.71. The average Bonchev–Trinajstić information content (AvgIpc) is 2.18. The maximum Gasteiger partial charge on any atom is 0.136 e. The molecule has 0 bridgehead atoms. The highest BCUT2D eigenvalue weighted by Crippen LogP contribution is 2.25. The van der Waals surface area contributed by atoms with Crippen LogP contribution in [-0.4, -0.2) is 12.4 Å². The second kappa shape index (κ2) is 6.09. The first-order valence-corrected chi connectivity index (χ1v) is 5.50. The number of halogens is 2. The van der Waals surface area contributed by atoms with Crippen molar-refractivity contribution in [1.82, 2.24) is 0 Å². The Hall–Kier alpha value is -0.480. The number of rotatable bonds is 4. The molecule has 0 saturated carbocycles. The van der Waals surface area contributed by atoms with Gasteiger partial charge >= 0.3 is 0 Å². The molecule has 4 heteroatoms. The number of benzene rings is 1. The molecule has 1 aromatic carbocycles. The molecule has 0 amide bonds. The summed E-state index contributed by atoms with van der Waals surface area (Å²) in [7, 11) is 0. The van der Waals surface area contributed by atoms with E-state index in [1.54, 1.807) is 6.07 Å². The lowest BCUT2D eigenvalue weighted by Gasteiger charge is -2.05. The van der Waals surface area contributed by atoms with E-state index < -0.39 is 0 Å². The Kier molecular flexibility index (Phi) is 5.04. The van der Waals surface area contributed by atoms with Gasteiger partial charge in [0.1, 0.15) is 18.2 Å². The summed E-state index contributed by atoms with van der Waals surface area (Å²) in [5, 5.41) is 0. The predicted molar refractivity (Wildman–Crippen MR) is 62.6 cm³/mol. The van der Waals surface area contributed by atoms with Crippen molar-refractivity contribution < 1.29 is 9.13 Å². The van der Waals surface area contributed by atoms with Gasteiger partial charge in [-0.25, -0.2) is 4.39 Å². The van der Waals surface area contributed by atoms with Crippen molar-refractivity contribution in [3.05, 3.63) is 40.6 Å². The fraction of sp³-hybridized carbons (Fsp3) is 0.200. The molecule has 0 fully saturated rings. The highest BCUT2D eigenvalue weighted by molar-refractivity contribution is 9.10. The van der Waals surface area contributed by atoms with Crippen molar-refractivity contribution in [2.45, 2.75) is 0 Å². The zero-order chi connectivity index (χ0) is 10.4. The summed E-state index contributed by atoms with van der Waals surface area (Å²) < 4.78 is 18.9. The SMILES string of the molecule is Fc1ccc(Br)c(OC/C=C/CS)c1. The predicted octanol–water partition coefficient (Wildman–Crippen LogP) is 3.45. The van der Waals surface area contributed by atoms with E-state index in [2.05, 4.69) is 28.6 Å². The van der Waals surface area contributed by atoms with Crippen LogP contribution in [0.25, 0.3) is 0 Å². The van der Waals surface area contributed by atoms with Gasteiger partial charge < -0.3 is 4.74 Å². The van der Waals surface area contributed by atoms with Crippen molar-refractivity contribution in [3.8, 4) is 5.75 Å². The first-order chi connectivity index (χ1) is 6.74. The van der Waals surface area contributed by atoms with E-state index in [-0.39, 0.29) is 5.82 Å². The Balaban J connectivity index is 2.57. The molecule has 1 aromatic rings. The molecule has 1 rings (SSSR count). The van der Waals surface area contributed by atoms with Gasteiger partial charge in [0, 0.05) is 11.8 Å². The summed E-state index contributed by atoms with van der Waals surface area (Å²) in [6, 6.07) is 4.34. The molecule has 0 heterocycles. The standard InChI is InChI=1S/C10H10BrFOS/c11-9-4-3-8(12)7-10(9)13-5-1-2-6-14/h1-4,7,14H,5-6H2/b2-1+. The second-order valence-corrected chi connectivity index (χ2v) is 3.76. The fourth-order valence-electron chi connectivity index (χ4n) is 0.868. The Morgan fingerprint density at radius 2 is 2.21 bits per heavy atom. The molecule has 0 spiro atoms. The van der Waals surface area contributed by atoms with Gasteiger partial charge in [0.15, 0.2) is 0 Å². The summed E-state index contributed by atoms with van der Waals surface area (Å²) in [5.74, 6) is 0.878. The van der Waals surface area contributed by atoms with Gasteiger partial charge in [0.25, 0.3) is 0 Å². The van der Waals surface area contributed by atoms with Crippen LogP contribution in [0.4, 0.5) is 4.39 Å². The largest absolute Gasteiger partial charge is 0.488 e. The molecule has 0 radical (unpaired) electrons. The molecular formula is C10H10BrFOS. The first kappa shape index (κ1) is 11.6. The molecule has 0 aromatic heterocycles. The minimum absolute atomic E-state index is 0.304. The topological polar surface area (TPSA) is 9.23 Å². The third kappa shape index (κ3) is 3.72. The van der Waals surface area contributed by atoms with Crippen LogP contribution < -0.4 is 4.74 Å². The van der Waals surface area contributed by atoms with Crippen molar-refractivity contribution >= 4 is 28.6 Å². The minimum atomic E-state index is -0.304. The van der Waals surface area contributed by atoms with Gasteiger partial charge in [0.2, 0.25) is 0 Å². The number of thiol groups is 1. The molecule has 0 aliphatic heterocycles. The lowest BCUT2D eigenvalue weighted by atomic mass is 10.3. The lowest BCUT2D eigenvalue weighted by molar-refractivity contribution is 0.358. The molecule has 0 aliphatic carbocycles. The van der Waals surface area contributed by atoms with Gasteiger partial charge in [-0.15, -0.1) is 0 Å². The van der Waals surface area contributed by atoms with Crippen LogP contribution in [0.1, 0.15) is 0 Å². The van der Waals surface area contributed by atoms with Crippen LogP contribution in [0.5, 0.6) is 5.75 Å². The summed E-state index contributed by atoms with van der Waals surface area (Å²) >= 11 is 7.27. The van der Waals surface area contributed by atoms with E-state index in [0.29, 0.717) is 18.1 Å². The molecule has 0 atom stereocenters. The molecule has 1 nitrogen and oxygen atoms in total. The lowest BCUT2D eigenvalue weighted by Crippen LogP contribution is -1.94. The van der Waals surface area contributed by atoms with Gasteiger partial charge in [-0.3, -0.25) is 0 Å². The van der Waals surface area contributed by atoms with Crippen molar-refractivity contribution in [3.63, 3.8) is 0 Å². The molecule has 0 unspecified atom stereocenters. The molecular weight excluding hydrogens is 267 g/mol. The molecule has 0 N–H and O–H groups in total. The summed E-state index contributed by atoms with van der Waals surface area (Å²) in [6.45, 7) is 0.419. The minimum Gasteiger partial charge on any atom is -0.488 e. The van der Waals surface area contributed by atoms with E-state index in [0.717, 1.165) is 4.47 Å². The van der Waals surface area contributed by atoms with Crippen molar-refractivity contribution in [1.29, 1.82) is 0 Å². The van der Waals surface area contributed by atoms with Crippen molar-refractivity contribution in [2.75, 3.05) is 12.4 Å². The molecule has 0 saturated heterocycles. The first-order valence-electron chi connectivity index (χ1n) is 4.07. The highest BCUT2D eigenvalue weighted by atomic mass is 79.9. The zero-order valence-corrected chi connectivity index (χ0v) is 9.89. The van der Waals surface area contributed by atoms with E-state index in [1.807, 2.05) is 12.2 Å². The molecule has 14 heavy (non-hydrogen) atoms. The van der Waals surface area contributed by atoms with Crippen LogP contribution in [0.2, 0.25) is 0 Å². The number of hydrogen-bond donors (Lipinski definition) is 1. The fourth-order valence-corrected chi connectivity index (χ4v) is 1.38. The maximum absolute atomic E-state index is 12.8. The van der Waals surface area contributed by atoms with Crippen molar-refractivity contribution in [2.24, 2.45) is 0 Å². The van der Waals surface area contributed by atoms with E-state index in [9.17, 15) is 4.39 Å². The monoisotopic (exact) mass is 276 g/mol. The molecule has 0 aliphatic rings. The molecule has 76 valence electrons. The average molecular weight is 277 g/mol. The Bertz CT molecular complexity index is 328. The van der Waals surface area contributed by atoms with E-state index >= 15 is 0 Å². The Labute approximate surface area is 96.5 Å². The van der Waals surface area contributed by atoms with E-state index in [4.69, 9.17) is 4.74 Å². The Morgan fingerprint density at radius 1 is 1.43 bits per heavy atom. The van der Waals surface area contributed by atoms with E-state index in [1.165, 1.54) is 12.1 Å². The number of ether oxygens (including phenoxy) is 1. The van der Waals surface area contributed by atoms with Gasteiger partial charge in [0.05, 0.1) is 4.47 Å². The van der Waals surface area contributed by atoms with Gasteiger partial charge in [-0.05, 0) is 28.1 Å².